The van der Waals surface area contributed by atoms with E-state index in [1.54, 1.807) is 0 Å². The number of nitrogens with two attached hydrogens (primary N) is 4. The zero-order chi connectivity index (χ0) is 36.6. The SMILES string of the molecule is CCCCCCCCCCCCCCCC(OC(CCCCCCCCCCCCCCC)(C(=O)CN)C(=O)CN)(C(=O)CN)C(=O)CN. The van der Waals surface area contributed by atoms with Crippen LogP contribution in [0.5, 0.6) is 0 Å². The molecule has 0 aromatic rings. The van der Waals surface area contributed by atoms with Crippen LogP contribution in [-0.2, 0) is 23.9 Å². The Bertz CT molecular complexity index is 766. The van der Waals surface area contributed by atoms with Gasteiger partial charge in [-0.25, -0.2) is 0 Å². The van der Waals surface area contributed by atoms with Crippen LogP contribution in [0.25, 0.3) is 0 Å². The molecule has 49 heavy (non-hydrogen) atoms. The first-order chi connectivity index (χ1) is 23.8. The molecule has 0 fully saturated rings. The minimum atomic E-state index is -2.09. The Morgan fingerprint density at radius 1 is 0.347 bits per heavy atom. The molecule has 0 spiro atoms. The second-order valence-corrected chi connectivity index (χ2v) is 14.3. The van der Waals surface area contributed by atoms with Crippen LogP contribution in [0.4, 0.5) is 0 Å². The molecule has 0 bridgehead atoms. The van der Waals surface area contributed by atoms with Crippen LogP contribution >= 0.6 is 0 Å². The maximum absolute atomic E-state index is 13.5. The molecule has 0 aliphatic carbocycles. The molecule has 0 radical (unpaired) electrons. The first-order valence-corrected chi connectivity index (χ1v) is 20.4. The summed E-state index contributed by atoms with van der Waals surface area (Å²) in [6, 6.07) is 0. The summed E-state index contributed by atoms with van der Waals surface area (Å²) in [5.74, 6) is -2.70. The van der Waals surface area contributed by atoms with Crippen molar-refractivity contribution in [2.75, 3.05) is 26.2 Å². The monoisotopic (exact) mass is 695 g/mol. The van der Waals surface area contributed by atoms with Crippen molar-refractivity contribution >= 4 is 23.1 Å². The van der Waals surface area contributed by atoms with E-state index in [-0.39, 0.29) is 12.8 Å². The van der Waals surface area contributed by atoms with E-state index in [0.29, 0.717) is 12.8 Å². The van der Waals surface area contributed by atoms with E-state index in [4.69, 9.17) is 27.7 Å². The minimum Gasteiger partial charge on any atom is -0.337 e. The van der Waals surface area contributed by atoms with Gasteiger partial charge in [-0.1, -0.05) is 168 Å². The molecule has 0 amide bonds. The summed E-state index contributed by atoms with van der Waals surface area (Å²) in [4.78, 5) is 53.8. The Labute approximate surface area is 300 Å². The summed E-state index contributed by atoms with van der Waals surface area (Å²) in [5, 5.41) is 0. The summed E-state index contributed by atoms with van der Waals surface area (Å²) in [6.45, 7) is 2.55. The fourth-order valence-corrected chi connectivity index (χ4v) is 6.94. The normalized spacial score (nSPS) is 12.0. The number of Topliss-reactive ketones (excluding diaryl/α,β-unsaturated/α-hetero) is 4. The summed E-state index contributed by atoms with van der Waals surface area (Å²) in [6.07, 6.45) is 29.6. The zero-order valence-electron chi connectivity index (χ0n) is 32.0. The predicted octanol–water partition coefficient (Wildman–Crippen LogP) is 7.55. The Morgan fingerprint density at radius 3 is 0.714 bits per heavy atom. The molecule has 9 heteroatoms. The van der Waals surface area contributed by atoms with E-state index in [1.165, 1.54) is 103 Å². The van der Waals surface area contributed by atoms with Crippen LogP contribution in [0, 0.1) is 0 Å². The van der Waals surface area contributed by atoms with Crippen molar-refractivity contribution in [2.24, 2.45) is 22.9 Å². The topological polar surface area (TPSA) is 182 Å². The molecule has 0 saturated heterocycles. The van der Waals surface area contributed by atoms with Gasteiger partial charge in [0.1, 0.15) is 0 Å². The number of ketones is 4. The summed E-state index contributed by atoms with van der Waals surface area (Å²) >= 11 is 0. The fourth-order valence-electron chi connectivity index (χ4n) is 6.94. The number of ether oxygens (including phenoxy) is 1. The van der Waals surface area contributed by atoms with Gasteiger partial charge in [-0.15, -0.1) is 0 Å². The Balaban J connectivity index is 5.27. The molecule has 9 nitrogen and oxygen atoms in total. The van der Waals surface area contributed by atoms with Crippen molar-refractivity contribution in [3.05, 3.63) is 0 Å². The van der Waals surface area contributed by atoms with Gasteiger partial charge in [0.25, 0.3) is 0 Å². The largest absolute Gasteiger partial charge is 0.337 e. The first kappa shape index (κ1) is 47.5. The molecule has 0 saturated carbocycles. The van der Waals surface area contributed by atoms with Crippen molar-refractivity contribution in [2.45, 2.75) is 205 Å². The molecule has 0 rings (SSSR count). The molecule has 0 atom stereocenters. The molecule has 0 heterocycles. The van der Waals surface area contributed by atoms with Gasteiger partial charge in [0, 0.05) is 0 Å². The molecule has 0 unspecified atom stereocenters. The highest BCUT2D eigenvalue weighted by Crippen LogP contribution is 2.34. The van der Waals surface area contributed by atoms with Crippen LogP contribution < -0.4 is 22.9 Å². The first-order valence-electron chi connectivity index (χ1n) is 20.4. The number of hydrogen-bond acceptors (Lipinski definition) is 9. The van der Waals surface area contributed by atoms with Gasteiger partial charge in [0.2, 0.25) is 0 Å². The summed E-state index contributed by atoms with van der Waals surface area (Å²) < 4.78 is 6.33. The average Bonchev–Trinajstić information content (AvgIpc) is 3.12. The predicted molar refractivity (Wildman–Crippen MR) is 203 cm³/mol. The van der Waals surface area contributed by atoms with Crippen LogP contribution in [0.3, 0.4) is 0 Å². The maximum Gasteiger partial charge on any atom is 0.188 e. The lowest BCUT2D eigenvalue weighted by Crippen LogP contribution is -2.64. The van der Waals surface area contributed by atoms with Gasteiger partial charge in [-0.2, -0.15) is 0 Å². The lowest BCUT2D eigenvalue weighted by Gasteiger charge is -2.40. The van der Waals surface area contributed by atoms with Gasteiger partial charge in [-0.3, -0.25) is 19.2 Å². The minimum absolute atomic E-state index is 0.00683. The average molecular weight is 695 g/mol. The smallest absolute Gasteiger partial charge is 0.188 e. The lowest BCUT2D eigenvalue weighted by atomic mass is 9.81. The van der Waals surface area contributed by atoms with Crippen molar-refractivity contribution in [3.63, 3.8) is 0 Å². The standard InChI is InChI=1S/C40H78N4O5/c1-3-5-7-9-11-13-15-17-19-21-23-25-27-29-39(35(45)31-41,36(46)32-42)49-40(37(47)33-43,38(48)34-44)30-28-26-24-22-20-18-16-14-12-10-8-6-4-2/h3-34,41-44H2,1-2H3. The summed E-state index contributed by atoms with van der Waals surface area (Å²) in [7, 11) is 0. The summed E-state index contributed by atoms with van der Waals surface area (Å²) in [5.41, 5.74) is 19.1. The second kappa shape index (κ2) is 31.2. The molecule has 0 aromatic carbocycles. The number of hydrogen-bond donors (Lipinski definition) is 4. The van der Waals surface area contributed by atoms with Crippen molar-refractivity contribution < 1.29 is 23.9 Å². The Hall–Kier alpha value is -1.52. The van der Waals surface area contributed by atoms with E-state index in [0.717, 1.165) is 51.4 Å². The molecular weight excluding hydrogens is 616 g/mol. The van der Waals surface area contributed by atoms with Gasteiger partial charge < -0.3 is 27.7 Å². The van der Waals surface area contributed by atoms with Crippen molar-refractivity contribution in [1.29, 1.82) is 0 Å². The van der Waals surface area contributed by atoms with Crippen LogP contribution in [-0.4, -0.2) is 60.5 Å². The third kappa shape index (κ3) is 19.6. The lowest BCUT2D eigenvalue weighted by molar-refractivity contribution is -0.190. The number of carbonyl (C=O) groups excluding carboxylic acids is 4. The number of rotatable bonds is 38. The van der Waals surface area contributed by atoms with Crippen molar-refractivity contribution in [3.8, 4) is 0 Å². The third-order valence-electron chi connectivity index (χ3n) is 10.2. The van der Waals surface area contributed by atoms with Crippen LogP contribution in [0.2, 0.25) is 0 Å². The molecule has 8 N–H and O–H groups in total. The highest BCUT2D eigenvalue weighted by Gasteiger charge is 2.55. The molecule has 0 aromatic heterocycles. The zero-order valence-corrected chi connectivity index (χ0v) is 32.0. The van der Waals surface area contributed by atoms with Crippen molar-refractivity contribution in [1.82, 2.24) is 0 Å². The Kier molecular flexibility index (Phi) is 30.3. The van der Waals surface area contributed by atoms with E-state index >= 15 is 0 Å². The number of carbonyl (C=O) groups is 4. The van der Waals surface area contributed by atoms with E-state index in [2.05, 4.69) is 13.8 Å². The molecule has 0 aliphatic heterocycles. The quantitative estimate of drug-likeness (QED) is 0.0374. The van der Waals surface area contributed by atoms with Gasteiger partial charge >= 0.3 is 0 Å². The van der Waals surface area contributed by atoms with Crippen LogP contribution in [0.15, 0.2) is 0 Å². The Morgan fingerprint density at radius 2 is 0.531 bits per heavy atom. The van der Waals surface area contributed by atoms with Gasteiger partial charge in [0.15, 0.2) is 34.3 Å². The van der Waals surface area contributed by atoms with E-state index < -0.39 is 60.5 Å². The third-order valence-corrected chi connectivity index (χ3v) is 10.2. The van der Waals surface area contributed by atoms with Gasteiger partial charge in [0.05, 0.1) is 26.2 Å². The van der Waals surface area contributed by atoms with E-state index in [9.17, 15) is 19.2 Å². The molecular formula is C40H78N4O5. The van der Waals surface area contributed by atoms with Gasteiger partial charge in [-0.05, 0) is 25.7 Å². The highest BCUT2D eigenvalue weighted by atomic mass is 16.5. The molecule has 288 valence electrons. The second-order valence-electron chi connectivity index (χ2n) is 14.3. The fraction of sp³-hybridized carbons (Fsp3) is 0.900. The maximum atomic E-state index is 13.5. The van der Waals surface area contributed by atoms with E-state index in [1.807, 2.05) is 0 Å². The van der Waals surface area contributed by atoms with Crippen LogP contribution in [0.1, 0.15) is 194 Å². The highest BCUT2D eigenvalue weighted by molar-refractivity contribution is 6.15. The number of unbranched alkanes of at least 4 members (excludes halogenated alkanes) is 24. The molecule has 0 aliphatic rings.